The molecule has 1 fully saturated rings. The molecule has 2 aromatic heterocycles. The van der Waals surface area contributed by atoms with Gasteiger partial charge in [-0.25, -0.2) is 4.79 Å². The Bertz CT molecular complexity index is 2210. The zero-order chi connectivity index (χ0) is 33.5. The van der Waals surface area contributed by atoms with Gasteiger partial charge in [-0.1, -0.05) is 35.9 Å². The van der Waals surface area contributed by atoms with Gasteiger partial charge >= 0.3 is 5.63 Å². The van der Waals surface area contributed by atoms with E-state index >= 15 is 0 Å². The van der Waals surface area contributed by atoms with E-state index in [1.54, 1.807) is 60.7 Å². The first-order valence-electron chi connectivity index (χ1n) is 15.4. The van der Waals surface area contributed by atoms with E-state index in [0.29, 0.717) is 59.2 Å². The standard InChI is InChI=1S/C36H31ClN4O7/c1-46-31-16-32(47-2)27(15-25(31)37)39-34(43)22-10-11-29(40-17-20-12-23(19-40)28-7-5-9-33(42)41(28)18-20)26(14-22)38-35(44)24-13-21-6-3-4-8-30(21)48-36(24)45/h3-11,13-16,20,23H,12,17-19H2,1-2H3,(H,38,44)(H,39,43). The molecule has 2 N–H and O–H groups in total. The molecule has 4 heterocycles. The molecule has 5 aromatic rings. The number of benzene rings is 3. The van der Waals surface area contributed by atoms with Crippen molar-refractivity contribution in [3.05, 3.63) is 121 Å². The number of pyridine rings is 1. The fourth-order valence-corrected chi connectivity index (χ4v) is 6.95. The predicted octanol–water partition coefficient (Wildman–Crippen LogP) is 5.75. The summed E-state index contributed by atoms with van der Waals surface area (Å²) < 4.78 is 18.0. The summed E-state index contributed by atoms with van der Waals surface area (Å²) in [5, 5.41) is 6.60. The van der Waals surface area contributed by atoms with Gasteiger partial charge in [-0.3, -0.25) is 14.4 Å². The van der Waals surface area contributed by atoms with E-state index in [1.807, 2.05) is 10.6 Å². The van der Waals surface area contributed by atoms with Gasteiger partial charge in [0, 0.05) is 54.3 Å². The number of nitrogens with one attached hydrogen (secondary N) is 2. The lowest BCUT2D eigenvalue weighted by molar-refractivity contribution is 0.101. The van der Waals surface area contributed by atoms with Crippen LogP contribution in [0.1, 0.15) is 38.7 Å². The van der Waals surface area contributed by atoms with Crippen molar-refractivity contribution in [2.75, 3.05) is 42.8 Å². The van der Waals surface area contributed by atoms with Crippen LogP contribution in [0.2, 0.25) is 5.02 Å². The second-order valence-corrected chi connectivity index (χ2v) is 12.3. The van der Waals surface area contributed by atoms with Gasteiger partial charge in [-0.2, -0.15) is 0 Å². The van der Waals surface area contributed by atoms with Crippen molar-refractivity contribution >= 4 is 51.4 Å². The number of carbonyl (C=O) groups excluding carboxylic acids is 2. The van der Waals surface area contributed by atoms with Crippen molar-refractivity contribution in [2.24, 2.45) is 5.92 Å². The van der Waals surface area contributed by atoms with E-state index in [2.05, 4.69) is 15.5 Å². The first-order valence-corrected chi connectivity index (χ1v) is 15.8. The first-order chi connectivity index (χ1) is 23.2. The molecular weight excluding hydrogens is 636 g/mol. The first kappa shape index (κ1) is 31.1. The number of anilines is 3. The summed E-state index contributed by atoms with van der Waals surface area (Å²) in [5.41, 5.74) is 1.97. The molecule has 2 atom stereocenters. The van der Waals surface area contributed by atoms with Crippen molar-refractivity contribution in [3.8, 4) is 11.5 Å². The topological polar surface area (TPSA) is 132 Å². The number of aromatic nitrogens is 1. The minimum Gasteiger partial charge on any atom is -0.495 e. The van der Waals surface area contributed by atoms with Crippen LogP contribution in [0.5, 0.6) is 11.5 Å². The molecule has 1 saturated heterocycles. The molecule has 48 heavy (non-hydrogen) atoms. The van der Waals surface area contributed by atoms with Crippen LogP contribution in [0.25, 0.3) is 11.0 Å². The van der Waals surface area contributed by atoms with Gasteiger partial charge in [-0.05, 0) is 54.8 Å². The van der Waals surface area contributed by atoms with Crippen molar-refractivity contribution in [1.82, 2.24) is 4.57 Å². The number of fused-ring (bicyclic) bond motifs is 5. The van der Waals surface area contributed by atoms with E-state index in [4.69, 9.17) is 25.5 Å². The number of hydrogen-bond donors (Lipinski definition) is 2. The van der Waals surface area contributed by atoms with E-state index in [9.17, 15) is 19.2 Å². The smallest absolute Gasteiger partial charge is 0.349 e. The van der Waals surface area contributed by atoms with E-state index in [-0.39, 0.29) is 33.5 Å². The summed E-state index contributed by atoms with van der Waals surface area (Å²) in [4.78, 5) is 54.9. The van der Waals surface area contributed by atoms with Crippen LogP contribution in [0.15, 0.2) is 92.9 Å². The largest absolute Gasteiger partial charge is 0.495 e. The van der Waals surface area contributed by atoms with Crippen molar-refractivity contribution in [1.29, 1.82) is 0 Å². The summed E-state index contributed by atoms with van der Waals surface area (Å²) in [7, 11) is 2.94. The highest BCUT2D eigenvalue weighted by Crippen LogP contribution is 2.40. The van der Waals surface area contributed by atoms with Crippen molar-refractivity contribution in [2.45, 2.75) is 18.9 Å². The molecule has 7 rings (SSSR count). The van der Waals surface area contributed by atoms with Gasteiger partial charge < -0.3 is 34.0 Å². The Morgan fingerprint density at radius 2 is 1.62 bits per heavy atom. The third-order valence-electron chi connectivity index (χ3n) is 8.94. The predicted molar refractivity (Wildman–Crippen MR) is 183 cm³/mol. The maximum Gasteiger partial charge on any atom is 0.349 e. The number of ether oxygens (including phenoxy) is 2. The van der Waals surface area contributed by atoms with Crippen LogP contribution in [0, 0.1) is 5.92 Å². The van der Waals surface area contributed by atoms with Crippen molar-refractivity contribution in [3.63, 3.8) is 0 Å². The zero-order valence-electron chi connectivity index (χ0n) is 26.1. The molecule has 3 aromatic carbocycles. The minimum absolute atomic E-state index is 0.0111. The lowest BCUT2D eigenvalue weighted by Crippen LogP contribution is -2.47. The average Bonchev–Trinajstić information content (AvgIpc) is 3.08. The highest BCUT2D eigenvalue weighted by atomic mass is 35.5. The van der Waals surface area contributed by atoms with Crippen LogP contribution in [0.3, 0.4) is 0 Å². The monoisotopic (exact) mass is 666 g/mol. The van der Waals surface area contributed by atoms with Crippen LogP contribution >= 0.6 is 11.6 Å². The Morgan fingerprint density at radius 1 is 0.833 bits per heavy atom. The summed E-state index contributed by atoms with van der Waals surface area (Å²) >= 11 is 6.33. The summed E-state index contributed by atoms with van der Waals surface area (Å²) in [6.45, 7) is 1.81. The molecule has 0 aliphatic carbocycles. The third-order valence-corrected chi connectivity index (χ3v) is 9.23. The Labute approximate surface area is 279 Å². The van der Waals surface area contributed by atoms with Crippen LogP contribution in [-0.2, 0) is 6.54 Å². The van der Waals surface area contributed by atoms with Crippen LogP contribution < -0.4 is 36.2 Å². The zero-order valence-corrected chi connectivity index (χ0v) is 26.9. The number of carbonyl (C=O) groups is 2. The molecule has 2 unspecified atom stereocenters. The highest BCUT2D eigenvalue weighted by molar-refractivity contribution is 6.32. The molecule has 11 nitrogen and oxygen atoms in total. The Balaban J connectivity index is 1.25. The second-order valence-electron chi connectivity index (χ2n) is 11.9. The maximum atomic E-state index is 13.7. The summed E-state index contributed by atoms with van der Waals surface area (Å²) in [6.07, 6.45) is 0.937. The van der Waals surface area contributed by atoms with Gasteiger partial charge in [0.15, 0.2) is 0 Å². The molecule has 2 bridgehead atoms. The van der Waals surface area contributed by atoms with E-state index in [1.165, 1.54) is 26.4 Å². The average molecular weight is 667 g/mol. The van der Waals surface area contributed by atoms with E-state index in [0.717, 1.165) is 12.1 Å². The van der Waals surface area contributed by atoms with Crippen LogP contribution in [0.4, 0.5) is 17.1 Å². The maximum absolute atomic E-state index is 13.7. The molecular formula is C36H31ClN4O7. The molecule has 0 radical (unpaired) electrons. The molecule has 244 valence electrons. The van der Waals surface area contributed by atoms with Crippen molar-refractivity contribution < 1.29 is 23.5 Å². The number of rotatable bonds is 7. The highest BCUT2D eigenvalue weighted by Gasteiger charge is 2.35. The molecule has 2 aliphatic rings. The Kier molecular flexibility index (Phi) is 8.14. The van der Waals surface area contributed by atoms with E-state index < -0.39 is 17.4 Å². The number of amides is 2. The molecule has 12 heteroatoms. The summed E-state index contributed by atoms with van der Waals surface area (Å²) in [5.74, 6) is -0.132. The van der Waals surface area contributed by atoms with Gasteiger partial charge in [0.2, 0.25) is 0 Å². The lowest BCUT2D eigenvalue weighted by Gasteiger charge is -2.44. The lowest BCUT2D eigenvalue weighted by atomic mass is 9.83. The number of nitrogens with zero attached hydrogens (tertiary/aromatic N) is 2. The Morgan fingerprint density at radius 3 is 2.44 bits per heavy atom. The quantitative estimate of drug-likeness (QED) is 0.210. The molecule has 0 spiro atoms. The number of hydrogen-bond acceptors (Lipinski definition) is 8. The molecule has 2 aliphatic heterocycles. The van der Waals surface area contributed by atoms with Gasteiger partial charge in [0.05, 0.1) is 36.3 Å². The van der Waals surface area contributed by atoms with Crippen LogP contribution in [-0.4, -0.2) is 43.7 Å². The van der Waals surface area contributed by atoms with Gasteiger partial charge in [0.25, 0.3) is 17.4 Å². The SMILES string of the molecule is COc1cc(OC)c(NC(=O)c2ccc(N3CC4CC(C3)c3cccc(=O)n3C4)c(NC(=O)c3cc4ccccc4oc3=O)c2)cc1Cl. The number of methoxy groups -OCH3 is 2. The second kappa shape index (κ2) is 12.6. The van der Waals surface area contributed by atoms with Gasteiger partial charge in [0.1, 0.15) is 22.6 Å². The number of halogens is 1. The fourth-order valence-electron chi connectivity index (χ4n) is 6.71. The Hall–Kier alpha value is -5.55. The fraction of sp³-hybridized carbons (Fsp3) is 0.222. The third kappa shape index (κ3) is 5.77. The van der Waals surface area contributed by atoms with Gasteiger partial charge in [-0.15, -0.1) is 0 Å². The summed E-state index contributed by atoms with van der Waals surface area (Å²) in [6, 6.07) is 21.9. The minimum atomic E-state index is -0.778. The molecule has 2 amide bonds. The molecule has 0 saturated carbocycles. The normalized spacial score (nSPS) is 16.6. The number of para-hydroxylation sites is 1. The number of piperidine rings is 1.